The van der Waals surface area contributed by atoms with Crippen LogP contribution in [0.25, 0.3) is 0 Å². The minimum Gasteiger partial charge on any atom is -0.0807 e. The van der Waals surface area contributed by atoms with E-state index in [9.17, 15) is 0 Å². The van der Waals surface area contributed by atoms with Crippen LogP contribution in [0.2, 0.25) is 0 Å². The molecule has 1 aromatic rings. The quantitative estimate of drug-likeness (QED) is 0.260. The normalized spacial score (nSPS) is 30.4. The van der Waals surface area contributed by atoms with E-state index in [4.69, 9.17) is 0 Å². The van der Waals surface area contributed by atoms with Crippen LogP contribution in [-0.4, -0.2) is 15.6 Å². The number of allylic oxidation sites excluding steroid dienone is 2. The molecule has 0 fully saturated rings. The first-order valence-corrected chi connectivity index (χ1v) is 14.0. The summed E-state index contributed by atoms with van der Waals surface area (Å²) < 4.78 is -0.630. The Morgan fingerprint density at radius 2 is 1.35 bits per heavy atom. The molecule has 0 bridgehead atoms. The van der Waals surface area contributed by atoms with Gasteiger partial charge >= 0.3 is 0 Å². The predicted octanol–water partition coefficient (Wildman–Crippen LogP) is 9.51. The van der Waals surface area contributed by atoms with Crippen LogP contribution in [0.4, 0.5) is 0 Å². The van der Waals surface area contributed by atoms with Crippen LogP contribution in [0.3, 0.4) is 0 Å². The smallest absolute Gasteiger partial charge is 0.0807 e. The maximum atomic E-state index is 3.98. The van der Waals surface area contributed by atoms with E-state index in [1.54, 1.807) is 0 Å². The summed E-state index contributed by atoms with van der Waals surface area (Å²) >= 11 is 38.3. The molecule has 2 rings (SSSR count). The molecule has 0 N–H and O–H groups in total. The van der Waals surface area contributed by atoms with Gasteiger partial charge in [0.1, 0.15) is 14.0 Å². The molecule has 0 radical (unpaired) electrons. The molecule has 23 heavy (non-hydrogen) atoms. The Balaban J connectivity index is 2.81. The second-order valence-electron chi connectivity index (χ2n) is 4.82. The number of benzene rings is 1. The van der Waals surface area contributed by atoms with E-state index >= 15 is 0 Å². The Kier molecular flexibility index (Phi) is 7.90. The minimum absolute atomic E-state index is 0.0413. The second-order valence-corrected chi connectivity index (χ2v) is 19.0. The van der Waals surface area contributed by atoms with Crippen molar-refractivity contribution in [2.45, 2.75) is 18.9 Å². The fourth-order valence-corrected chi connectivity index (χ4v) is 13.4. The Hall–Kier alpha value is 3.76. The van der Waals surface area contributed by atoms with Gasteiger partial charge in [0.15, 0.2) is 0 Å². The fraction of sp³-hybridized carbons (Fsp3) is 0.385. The lowest BCUT2D eigenvalue weighted by molar-refractivity contribution is 0.566. The highest BCUT2D eigenvalue weighted by molar-refractivity contribution is 9.32. The van der Waals surface area contributed by atoms with Gasteiger partial charge in [-0.2, -0.15) is 0 Å². The van der Waals surface area contributed by atoms with Crippen LogP contribution in [0.1, 0.15) is 5.56 Å². The molecule has 2 atom stereocenters. The Morgan fingerprint density at radius 3 is 1.83 bits per heavy atom. The largest absolute Gasteiger partial charge is 0.129 e. The summed E-state index contributed by atoms with van der Waals surface area (Å²) in [7, 11) is 0. The molecule has 0 aromatic heterocycles. The summed E-state index contributed by atoms with van der Waals surface area (Å²) in [5.74, 6) is 0. The number of alkyl halides is 8. The molecule has 0 saturated heterocycles. The number of rotatable bonds is 2. The molecule has 0 aliphatic heterocycles. The van der Waals surface area contributed by atoms with Gasteiger partial charge in [-0.3, -0.25) is 0 Å². The van der Waals surface area contributed by atoms with E-state index in [2.05, 4.69) is 171 Å². The first-order chi connectivity index (χ1) is 10.3. The van der Waals surface area contributed by atoms with Crippen molar-refractivity contribution in [1.29, 1.82) is 0 Å². The number of hydrogen-bond acceptors (Lipinski definition) is 0. The van der Waals surface area contributed by atoms with E-state index in [1.165, 1.54) is 0 Å². The lowest BCUT2D eigenvalue weighted by Gasteiger charge is -2.56. The lowest BCUT2D eigenvalue weighted by Crippen LogP contribution is -2.64. The predicted molar refractivity (Wildman–Crippen MR) is 136 cm³/mol. The number of hydrogen-bond donors (Lipinski definition) is 0. The van der Waals surface area contributed by atoms with Crippen molar-refractivity contribution in [2.24, 2.45) is 0 Å². The van der Waals surface area contributed by atoms with Crippen molar-refractivity contribution in [3.63, 3.8) is 0 Å². The second kappa shape index (κ2) is 7.88. The SMILES string of the molecule is BrC1=C(Br)C(Br)(C(Br)(Br)c2ccccc2)C(Br)(Br)C(Br)(Br)C1Br. The molecule has 10 heteroatoms. The minimum atomic E-state index is -0.676. The number of halogens is 10. The first kappa shape index (κ1) is 23.0. The van der Waals surface area contributed by atoms with Crippen LogP contribution in [0.5, 0.6) is 0 Å². The molecule has 128 valence electrons. The zero-order valence-corrected chi connectivity index (χ0v) is 26.6. The van der Waals surface area contributed by atoms with Crippen LogP contribution >= 0.6 is 159 Å². The molecular weight excluding hydrogens is 955 g/mol. The van der Waals surface area contributed by atoms with Crippen molar-refractivity contribution in [1.82, 2.24) is 0 Å². The highest BCUT2D eigenvalue weighted by atomic mass is 79.9. The van der Waals surface area contributed by atoms with Crippen LogP contribution in [0, 0.1) is 0 Å². The Morgan fingerprint density at radius 1 is 0.870 bits per heavy atom. The van der Waals surface area contributed by atoms with E-state index in [0.29, 0.717) is 0 Å². The van der Waals surface area contributed by atoms with E-state index in [0.717, 1.165) is 14.5 Å². The summed E-state index contributed by atoms with van der Waals surface area (Å²) in [6.45, 7) is 0. The lowest BCUT2D eigenvalue weighted by atomic mass is 9.88. The standard InChI is InChI=1S/C13H6Br10/c14-7-8(15)10(17,13(22,23)12(20,21)9(7)16)11(18,19)6-4-2-1-3-5-6/h1-5,9H. The van der Waals surface area contributed by atoms with E-state index in [-0.39, 0.29) is 4.83 Å². The molecule has 0 saturated carbocycles. The van der Waals surface area contributed by atoms with Crippen LogP contribution < -0.4 is 0 Å². The van der Waals surface area contributed by atoms with Gasteiger partial charge in [0.25, 0.3) is 0 Å². The average molecular weight is 961 g/mol. The third-order valence-electron chi connectivity index (χ3n) is 3.47. The van der Waals surface area contributed by atoms with Crippen LogP contribution in [0.15, 0.2) is 39.3 Å². The maximum Gasteiger partial charge on any atom is 0.129 e. The van der Waals surface area contributed by atoms with E-state index in [1.807, 2.05) is 18.2 Å². The van der Waals surface area contributed by atoms with Gasteiger partial charge in [0.05, 0.1) is 4.83 Å². The third kappa shape index (κ3) is 3.47. The molecule has 1 aromatic carbocycles. The summed E-state index contributed by atoms with van der Waals surface area (Å²) in [4.78, 5) is -0.0413. The summed E-state index contributed by atoms with van der Waals surface area (Å²) in [6, 6.07) is 10.1. The van der Waals surface area contributed by atoms with Gasteiger partial charge in [-0.05, 0) is 5.56 Å². The molecule has 0 heterocycles. The highest BCUT2D eigenvalue weighted by Gasteiger charge is 2.72. The topological polar surface area (TPSA) is 0 Å². The summed E-state index contributed by atoms with van der Waals surface area (Å²) in [6.07, 6.45) is 0. The average Bonchev–Trinajstić information content (AvgIpc) is 2.51. The summed E-state index contributed by atoms with van der Waals surface area (Å²) in [5.41, 5.74) is 1.06. The summed E-state index contributed by atoms with van der Waals surface area (Å²) in [5, 5.41) is 0. The molecule has 1 aliphatic rings. The van der Waals surface area contributed by atoms with Crippen molar-refractivity contribution in [2.75, 3.05) is 0 Å². The Labute approximate surface area is 219 Å². The molecule has 0 amide bonds. The van der Waals surface area contributed by atoms with Crippen molar-refractivity contribution in [3.8, 4) is 0 Å². The monoisotopic (exact) mass is 951 g/mol. The van der Waals surface area contributed by atoms with Crippen molar-refractivity contribution in [3.05, 3.63) is 44.9 Å². The third-order valence-corrected chi connectivity index (χ3v) is 21.9. The highest BCUT2D eigenvalue weighted by Crippen LogP contribution is 2.74. The maximum absolute atomic E-state index is 3.98. The molecule has 1 aliphatic carbocycles. The molecular formula is C13H6Br10. The van der Waals surface area contributed by atoms with E-state index < -0.39 is 14.0 Å². The Bertz CT molecular complexity index is 635. The van der Waals surface area contributed by atoms with Crippen molar-refractivity contribution >= 4 is 159 Å². The molecule has 2 unspecified atom stereocenters. The van der Waals surface area contributed by atoms with Gasteiger partial charge in [0.2, 0.25) is 0 Å². The zero-order valence-electron chi connectivity index (χ0n) is 10.7. The molecule has 0 nitrogen and oxygen atoms in total. The van der Waals surface area contributed by atoms with Gasteiger partial charge in [-0.25, -0.2) is 0 Å². The zero-order chi connectivity index (χ0) is 17.8. The fourth-order valence-electron chi connectivity index (χ4n) is 2.14. The van der Waals surface area contributed by atoms with Gasteiger partial charge in [-0.1, -0.05) is 190 Å². The van der Waals surface area contributed by atoms with Gasteiger partial charge in [0, 0.05) is 8.96 Å². The molecule has 0 spiro atoms. The van der Waals surface area contributed by atoms with Crippen molar-refractivity contribution < 1.29 is 0 Å². The van der Waals surface area contributed by atoms with Crippen LogP contribution in [-0.2, 0) is 3.23 Å². The van der Waals surface area contributed by atoms with Gasteiger partial charge < -0.3 is 0 Å². The first-order valence-electron chi connectivity index (χ1n) is 5.91. The van der Waals surface area contributed by atoms with Gasteiger partial charge in [-0.15, -0.1) is 0 Å².